The third-order valence-electron chi connectivity index (χ3n) is 4.03. The van der Waals surface area contributed by atoms with Crippen LogP contribution in [0.15, 0.2) is 18.2 Å². The third-order valence-corrected chi connectivity index (χ3v) is 4.03. The molecule has 1 aliphatic heterocycles. The number of aryl methyl sites for hydroxylation is 2. The number of rotatable bonds is 5. The maximum atomic E-state index is 12.0. The molecule has 1 saturated heterocycles. The van der Waals surface area contributed by atoms with Crippen molar-refractivity contribution >= 4 is 18.0 Å². The minimum Gasteiger partial charge on any atom is -0.334 e. The molecule has 0 bridgehead atoms. The Kier molecular flexibility index (Phi) is 5.33. The van der Waals surface area contributed by atoms with Gasteiger partial charge in [0, 0.05) is 5.69 Å². The van der Waals surface area contributed by atoms with Gasteiger partial charge < -0.3 is 15.1 Å². The Balaban J connectivity index is 1.77. The summed E-state index contributed by atoms with van der Waals surface area (Å²) in [6, 6.07) is 6.07. The van der Waals surface area contributed by atoms with Crippen molar-refractivity contribution in [1.82, 2.24) is 4.90 Å². The molecule has 2 rings (SSSR count). The fourth-order valence-electron chi connectivity index (χ4n) is 2.57. The van der Waals surface area contributed by atoms with Crippen LogP contribution in [0.25, 0.3) is 0 Å². The zero-order valence-electron chi connectivity index (χ0n) is 12.8. The number of hydrogen-bond acceptors (Lipinski definition) is 2. The number of amides is 2. The highest BCUT2D eigenvalue weighted by Crippen LogP contribution is 2.16. The van der Waals surface area contributed by atoms with E-state index in [1.54, 1.807) is 4.90 Å². The van der Waals surface area contributed by atoms with Gasteiger partial charge in [-0.3, -0.25) is 9.59 Å². The minimum absolute atomic E-state index is 0.0639. The van der Waals surface area contributed by atoms with Gasteiger partial charge in [0.15, 0.2) is 0 Å². The number of hydrogen-bond donors (Lipinski definition) is 2. The van der Waals surface area contributed by atoms with E-state index in [0.29, 0.717) is 6.42 Å². The Morgan fingerprint density at radius 1 is 1.33 bits per heavy atom. The molecular formula is C16H24N3O2+. The second-order valence-corrected chi connectivity index (χ2v) is 5.76. The van der Waals surface area contributed by atoms with Gasteiger partial charge in [-0.05, 0) is 31.0 Å². The maximum Gasteiger partial charge on any atom is 0.230 e. The van der Waals surface area contributed by atoms with Crippen LogP contribution >= 0.6 is 0 Å². The Morgan fingerprint density at radius 3 is 2.71 bits per heavy atom. The normalized spacial score (nSPS) is 15.8. The number of carbonyl (C=O) groups is 2. The van der Waals surface area contributed by atoms with E-state index in [9.17, 15) is 9.59 Å². The molecule has 1 aliphatic rings. The van der Waals surface area contributed by atoms with Gasteiger partial charge >= 0.3 is 0 Å². The molecular weight excluding hydrogens is 266 g/mol. The number of nitrogens with one attached hydrogen (secondary N) is 2. The molecule has 5 nitrogen and oxygen atoms in total. The van der Waals surface area contributed by atoms with Crippen LogP contribution in [0.5, 0.6) is 0 Å². The number of carbonyl (C=O) groups excluding carboxylic acids is 2. The SMILES string of the molecule is Cc1ccc(C)c(NC(=O)CC[NH+]2CCN(C=O)CC2)c1. The lowest BCUT2D eigenvalue weighted by atomic mass is 10.1. The van der Waals surface area contributed by atoms with E-state index < -0.39 is 0 Å². The van der Waals surface area contributed by atoms with Crippen LogP contribution in [-0.4, -0.2) is 49.9 Å². The molecule has 0 saturated carbocycles. The minimum atomic E-state index is 0.0639. The molecule has 1 aromatic rings. The number of piperazine rings is 1. The topological polar surface area (TPSA) is 53.9 Å². The fourth-order valence-corrected chi connectivity index (χ4v) is 2.57. The molecule has 1 aromatic carbocycles. The lowest BCUT2D eigenvalue weighted by Crippen LogP contribution is -3.14. The average Bonchev–Trinajstić information content (AvgIpc) is 2.49. The van der Waals surface area contributed by atoms with Crippen molar-refractivity contribution in [3.8, 4) is 0 Å². The number of anilines is 1. The second kappa shape index (κ2) is 7.22. The fraction of sp³-hybridized carbons (Fsp3) is 0.500. The summed E-state index contributed by atoms with van der Waals surface area (Å²) in [7, 11) is 0. The van der Waals surface area contributed by atoms with Crippen molar-refractivity contribution in [2.24, 2.45) is 0 Å². The lowest BCUT2D eigenvalue weighted by Gasteiger charge is -2.29. The van der Waals surface area contributed by atoms with E-state index >= 15 is 0 Å². The predicted molar refractivity (Wildman–Crippen MR) is 82.4 cm³/mol. The van der Waals surface area contributed by atoms with Crippen molar-refractivity contribution < 1.29 is 14.5 Å². The van der Waals surface area contributed by atoms with Crippen molar-refractivity contribution in [2.75, 3.05) is 38.0 Å². The Hall–Kier alpha value is -1.88. The first-order valence-corrected chi connectivity index (χ1v) is 7.48. The first-order chi connectivity index (χ1) is 10.1. The Labute approximate surface area is 125 Å². The van der Waals surface area contributed by atoms with Crippen LogP contribution in [0.3, 0.4) is 0 Å². The molecule has 21 heavy (non-hydrogen) atoms. The first kappa shape index (κ1) is 15.5. The van der Waals surface area contributed by atoms with Crippen LogP contribution in [-0.2, 0) is 9.59 Å². The summed E-state index contributed by atoms with van der Waals surface area (Å²) in [4.78, 5) is 25.9. The summed E-state index contributed by atoms with van der Waals surface area (Å²) < 4.78 is 0. The second-order valence-electron chi connectivity index (χ2n) is 5.76. The standard InChI is InChI=1S/C16H23N3O2/c1-13-3-4-14(2)15(11-13)17-16(21)5-6-18-7-9-19(12-20)10-8-18/h3-4,11-12H,5-10H2,1-2H3,(H,17,21)/p+1. The van der Waals surface area contributed by atoms with Gasteiger partial charge in [0.2, 0.25) is 12.3 Å². The van der Waals surface area contributed by atoms with Gasteiger partial charge in [-0.25, -0.2) is 0 Å². The monoisotopic (exact) mass is 290 g/mol. The molecule has 0 aromatic heterocycles. The van der Waals surface area contributed by atoms with Crippen molar-refractivity contribution in [3.05, 3.63) is 29.3 Å². The average molecular weight is 290 g/mol. The van der Waals surface area contributed by atoms with Crippen molar-refractivity contribution in [3.63, 3.8) is 0 Å². The lowest BCUT2D eigenvalue weighted by molar-refractivity contribution is -0.903. The van der Waals surface area contributed by atoms with E-state index in [1.165, 1.54) is 4.90 Å². The summed E-state index contributed by atoms with van der Waals surface area (Å²) in [5.74, 6) is 0.0639. The highest BCUT2D eigenvalue weighted by atomic mass is 16.1. The summed E-state index contributed by atoms with van der Waals surface area (Å²) in [6.45, 7) is 8.27. The van der Waals surface area contributed by atoms with Crippen LogP contribution in [0.1, 0.15) is 17.5 Å². The Bertz CT molecular complexity index is 508. The van der Waals surface area contributed by atoms with E-state index in [4.69, 9.17) is 0 Å². The quantitative estimate of drug-likeness (QED) is 0.750. The zero-order chi connectivity index (χ0) is 15.2. The molecule has 0 radical (unpaired) electrons. The van der Waals surface area contributed by atoms with E-state index in [0.717, 1.165) is 55.9 Å². The molecule has 1 heterocycles. The van der Waals surface area contributed by atoms with Crippen LogP contribution < -0.4 is 10.2 Å². The summed E-state index contributed by atoms with van der Waals surface area (Å²) in [6.07, 6.45) is 1.42. The predicted octanol–water partition coefficient (Wildman–Crippen LogP) is -0.0111. The molecule has 0 spiro atoms. The summed E-state index contributed by atoms with van der Waals surface area (Å²) in [5.41, 5.74) is 3.13. The number of benzene rings is 1. The van der Waals surface area contributed by atoms with Gasteiger partial charge in [0.25, 0.3) is 0 Å². The van der Waals surface area contributed by atoms with Gasteiger partial charge in [-0.15, -0.1) is 0 Å². The van der Waals surface area contributed by atoms with Crippen molar-refractivity contribution in [1.29, 1.82) is 0 Å². The number of nitrogens with zero attached hydrogens (tertiary/aromatic N) is 1. The zero-order valence-corrected chi connectivity index (χ0v) is 12.8. The molecule has 1 fully saturated rings. The maximum absolute atomic E-state index is 12.0. The first-order valence-electron chi connectivity index (χ1n) is 7.48. The molecule has 0 aliphatic carbocycles. The van der Waals surface area contributed by atoms with E-state index in [1.807, 2.05) is 32.0 Å². The van der Waals surface area contributed by atoms with E-state index in [-0.39, 0.29) is 5.91 Å². The summed E-state index contributed by atoms with van der Waals surface area (Å²) >= 11 is 0. The summed E-state index contributed by atoms with van der Waals surface area (Å²) in [5, 5.41) is 2.99. The molecule has 0 atom stereocenters. The largest absolute Gasteiger partial charge is 0.334 e. The van der Waals surface area contributed by atoms with Gasteiger partial charge in [0.1, 0.15) is 0 Å². The Morgan fingerprint density at radius 2 is 2.05 bits per heavy atom. The van der Waals surface area contributed by atoms with Gasteiger partial charge in [-0.1, -0.05) is 12.1 Å². The molecule has 114 valence electrons. The smallest absolute Gasteiger partial charge is 0.230 e. The van der Waals surface area contributed by atoms with Gasteiger partial charge in [-0.2, -0.15) is 0 Å². The third kappa shape index (κ3) is 4.56. The highest BCUT2D eigenvalue weighted by Gasteiger charge is 2.19. The van der Waals surface area contributed by atoms with Crippen LogP contribution in [0.4, 0.5) is 5.69 Å². The van der Waals surface area contributed by atoms with E-state index in [2.05, 4.69) is 5.32 Å². The van der Waals surface area contributed by atoms with Crippen molar-refractivity contribution in [2.45, 2.75) is 20.3 Å². The molecule has 5 heteroatoms. The van der Waals surface area contributed by atoms with Gasteiger partial charge in [0.05, 0.1) is 39.1 Å². The highest BCUT2D eigenvalue weighted by molar-refractivity contribution is 5.91. The molecule has 2 N–H and O–H groups in total. The van der Waals surface area contributed by atoms with Crippen LogP contribution in [0.2, 0.25) is 0 Å². The number of quaternary nitrogens is 1. The van der Waals surface area contributed by atoms with Crippen LogP contribution in [0, 0.1) is 13.8 Å². The molecule has 2 amide bonds. The molecule has 0 unspecified atom stereocenters.